The number of benzene rings is 1. The molecular weight excluding hydrogens is 242 g/mol. The number of hydrogen-bond donors (Lipinski definition) is 1. The van der Waals surface area contributed by atoms with Gasteiger partial charge in [0.1, 0.15) is 13.2 Å². The molecule has 1 aliphatic heterocycles. The highest BCUT2D eigenvalue weighted by molar-refractivity contribution is 5.64. The van der Waals surface area contributed by atoms with Crippen LogP contribution in [0.1, 0.15) is 5.56 Å². The summed E-state index contributed by atoms with van der Waals surface area (Å²) >= 11 is 0. The maximum absolute atomic E-state index is 8.88. The van der Waals surface area contributed by atoms with Crippen LogP contribution in [0.25, 0.3) is 11.3 Å². The second kappa shape index (κ2) is 5.28. The highest BCUT2D eigenvalue weighted by atomic mass is 16.6. The van der Waals surface area contributed by atoms with Crippen molar-refractivity contribution in [2.75, 3.05) is 19.8 Å². The number of nitrogens with zero attached hydrogens (tertiary/aromatic N) is 1. The van der Waals surface area contributed by atoms with Crippen LogP contribution in [0.15, 0.2) is 36.5 Å². The zero-order valence-electron chi connectivity index (χ0n) is 10.5. The molecule has 0 aliphatic carbocycles. The Morgan fingerprint density at radius 3 is 2.63 bits per heavy atom. The first-order valence-corrected chi connectivity index (χ1v) is 6.32. The van der Waals surface area contributed by atoms with Crippen LogP contribution in [0.2, 0.25) is 0 Å². The molecule has 19 heavy (non-hydrogen) atoms. The van der Waals surface area contributed by atoms with Crippen molar-refractivity contribution in [1.82, 2.24) is 4.98 Å². The zero-order valence-corrected chi connectivity index (χ0v) is 10.5. The van der Waals surface area contributed by atoms with Gasteiger partial charge in [-0.15, -0.1) is 0 Å². The average molecular weight is 257 g/mol. The molecule has 0 saturated carbocycles. The van der Waals surface area contributed by atoms with Crippen LogP contribution in [0, 0.1) is 0 Å². The summed E-state index contributed by atoms with van der Waals surface area (Å²) in [6.45, 7) is 1.32. The monoisotopic (exact) mass is 257 g/mol. The molecule has 0 atom stereocenters. The molecule has 3 rings (SSSR count). The number of aliphatic hydroxyl groups excluding tert-OH is 1. The first-order chi connectivity index (χ1) is 9.36. The SMILES string of the molecule is OCCc1ccc(-c2ccc3c(c2)OCCO3)nc1. The molecule has 4 nitrogen and oxygen atoms in total. The molecule has 2 heterocycles. The molecule has 0 radical (unpaired) electrons. The van der Waals surface area contributed by atoms with E-state index >= 15 is 0 Å². The van der Waals surface area contributed by atoms with Crippen molar-refractivity contribution in [1.29, 1.82) is 0 Å². The summed E-state index contributed by atoms with van der Waals surface area (Å²) < 4.78 is 11.1. The third kappa shape index (κ3) is 2.53. The first kappa shape index (κ1) is 12.0. The number of rotatable bonds is 3. The van der Waals surface area contributed by atoms with E-state index in [-0.39, 0.29) is 6.61 Å². The Labute approximate surface area is 111 Å². The second-order valence-electron chi connectivity index (χ2n) is 4.38. The van der Waals surface area contributed by atoms with Crippen LogP contribution in [0.5, 0.6) is 11.5 Å². The Morgan fingerprint density at radius 2 is 1.89 bits per heavy atom. The Balaban J connectivity index is 1.89. The van der Waals surface area contributed by atoms with E-state index in [0.29, 0.717) is 19.6 Å². The zero-order chi connectivity index (χ0) is 13.1. The summed E-state index contributed by atoms with van der Waals surface area (Å²) in [7, 11) is 0. The van der Waals surface area contributed by atoms with E-state index in [1.807, 2.05) is 30.3 Å². The van der Waals surface area contributed by atoms with E-state index in [0.717, 1.165) is 28.3 Å². The molecule has 1 aliphatic rings. The quantitative estimate of drug-likeness (QED) is 0.914. The summed E-state index contributed by atoms with van der Waals surface area (Å²) in [5.74, 6) is 1.55. The van der Waals surface area contributed by atoms with Gasteiger partial charge >= 0.3 is 0 Å². The van der Waals surface area contributed by atoms with Gasteiger partial charge in [-0.1, -0.05) is 6.07 Å². The van der Waals surface area contributed by atoms with E-state index < -0.39 is 0 Å². The molecule has 0 unspecified atom stereocenters. The lowest BCUT2D eigenvalue weighted by Crippen LogP contribution is -2.15. The van der Waals surface area contributed by atoms with Crippen LogP contribution < -0.4 is 9.47 Å². The van der Waals surface area contributed by atoms with Gasteiger partial charge in [0.2, 0.25) is 0 Å². The Hall–Kier alpha value is -2.07. The first-order valence-electron chi connectivity index (χ1n) is 6.32. The van der Waals surface area contributed by atoms with E-state index in [4.69, 9.17) is 14.6 Å². The van der Waals surface area contributed by atoms with Crippen molar-refractivity contribution in [2.45, 2.75) is 6.42 Å². The van der Waals surface area contributed by atoms with Crippen LogP contribution in [-0.2, 0) is 6.42 Å². The minimum Gasteiger partial charge on any atom is -0.486 e. The number of hydrogen-bond acceptors (Lipinski definition) is 4. The average Bonchev–Trinajstić information content (AvgIpc) is 2.48. The Bertz CT molecular complexity index is 566. The summed E-state index contributed by atoms with van der Waals surface area (Å²) in [5, 5.41) is 8.88. The smallest absolute Gasteiger partial charge is 0.162 e. The normalized spacial score (nSPS) is 13.3. The van der Waals surface area contributed by atoms with E-state index in [1.54, 1.807) is 6.20 Å². The second-order valence-corrected chi connectivity index (χ2v) is 4.38. The van der Waals surface area contributed by atoms with Crippen molar-refractivity contribution in [3.63, 3.8) is 0 Å². The van der Waals surface area contributed by atoms with E-state index in [1.165, 1.54) is 0 Å². The maximum Gasteiger partial charge on any atom is 0.162 e. The molecule has 2 aromatic rings. The third-order valence-corrected chi connectivity index (χ3v) is 3.06. The minimum atomic E-state index is 0.144. The maximum atomic E-state index is 8.88. The van der Waals surface area contributed by atoms with Crippen LogP contribution in [-0.4, -0.2) is 29.9 Å². The van der Waals surface area contributed by atoms with Crippen molar-refractivity contribution in [3.05, 3.63) is 42.1 Å². The number of ether oxygens (including phenoxy) is 2. The summed E-state index contributed by atoms with van der Waals surface area (Å²) in [4.78, 5) is 4.41. The van der Waals surface area contributed by atoms with Crippen molar-refractivity contribution in [3.8, 4) is 22.8 Å². The summed E-state index contributed by atoms with van der Waals surface area (Å²) in [6, 6.07) is 9.77. The molecule has 0 fully saturated rings. The molecule has 98 valence electrons. The fraction of sp³-hybridized carbons (Fsp3) is 0.267. The van der Waals surface area contributed by atoms with Crippen molar-refractivity contribution < 1.29 is 14.6 Å². The van der Waals surface area contributed by atoms with Gasteiger partial charge in [0, 0.05) is 18.4 Å². The molecule has 0 amide bonds. The van der Waals surface area contributed by atoms with Gasteiger partial charge in [-0.2, -0.15) is 0 Å². The molecule has 4 heteroatoms. The molecular formula is C15H15NO3. The van der Waals surface area contributed by atoms with E-state index in [2.05, 4.69) is 4.98 Å². The summed E-state index contributed by atoms with van der Waals surface area (Å²) in [5.41, 5.74) is 2.92. The fourth-order valence-corrected chi connectivity index (χ4v) is 2.07. The molecule has 0 spiro atoms. The highest BCUT2D eigenvalue weighted by Gasteiger charge is 2.12. The van der Waals surface area contributed by atoms with Gasteiger partial charge in [0.25, 0.3) is 0 Å². The number of fused-ring (bicyclic) bond motifs is 1. The van der Waals surface area contributed by atoms with Gasteiger partial charge in [-0.05, 0) is 36.2 Å². The van der Waals surface area contributed by atoms with Crippen molar-refractivity contribution >= 4 is 0 Å². The van der Waals surface area contributed by atoms with Crippen LogP contribution in [0.3, 0.4) is 0 Å². The van der Waals surface area contributed by atoms with Gasteiger partial charge < -0.3 is 14.6 Å². The van der Waals surface area contributed by atoms with Gasteiger partial charge in [-0.3, -0.25) is 4.98 Å². The molecule has 0 saturated heterocycles. The van der Waals surface area contributed by atoms with Gasteiger partial charge in [0.15, 0.2) is 11.5 Å². The Kier molecular flexibility index (Phi) is 3.33. The van der Waals surface area contributed by atoms with Crippen LogP contribution in [0.4, 0.5) is 0 Å². The van der Waals surface area contributed by atoms with Crippen LogP contribution >= 0.6 is 0 Å². The third-order valence-electron chi connectivity index (χ3n) is 3.06. The minimum absolute atomic E-state index is 0.144. The number of pyridine rings is 1. The molecule has 0 bridgehead atoms. The Morgan fingerprint density at radius 1 is 1.05 bits per heavy atom. The number of aliphatic hydroxyl groups is 1. The largest absolute Gasteiger partial charge is 0.486 e. The summed E-state index contributed by atoms with van der Waals surface area (Å²) in [6.07, 6.45) is 2.43. The van der Waals surface area contributed by atoms with Gasteiger partial charge in [-0.25, -0.2) is 0 Å². The molecule has 1 aromatic heterocycles. The predicted molar refractivity (Wildman–Crippen MR) is 71.5 cm³/mol. The highest BCUT2D eigenvalue weighted by Crippen LogP contribution is 2.33. The standard InChI is InChI=1S/C15H15NO3/c17-6-5-11-1-3-13(16-10-11)12-2-4-14-15(9-12)19-8-7-18-14/h1-4,9-10,17H,5-8H2. The van der Waals surface area contributed by atoms with Crippen molar-refractivity contribution in [2.24, 2.45) is 0 Å². The fourth-order valence-electron chi connectivity index (χ4n) is 2.07. The molecule has 1 aromatic carbocycles. The topological polar surface area (TPSA) is 51.6 Å². The number of aromatic nitrogens is 1. The van der Waals surface area contributed by atoms with Gasteiger partial charge in [0.05, 0.1) is 5.69 Å². The van der Waals surface area contributed by atoms with E-state index in [9.17, 15) is 0 Å². The molecule has 1 N–H and O–H groups in total. The lowest BCUT2D eigenvalue weighted by Gasteiger charge is -2.18. The predicted octanol–water partition coefficient (Wildman–Crippen LogP) is 2.05. The lowest BCUT2D eigenvalue weighted by molar-refractivity contribution is 0.171. The lowest BCUT2D eigenvalue weighted by atomic mass is 10.1.